The monoisotopic (exact) mass is 392 g/mol. The first-order valence-electron chi connectivity index (χ1n) is 9.21. The van der Waals surface area contributed by atoms with Crippen molar-refractivity contribution in [2.45, 2.75) is 25.8 Å². The van der Waals surface area contributed by atoms with Gasteiger partial charge in [-0.3, -0.25) is 9.78 Å². The molecule has 0 bridgehead atoms. The van der Waals surface area contributed by atoms with Crippen molar-refractivity contribution in [2.24, 2.45) is 0 Å². The van der Waals surface area contributed by atoms with Gasteiger partial charge in [0.05, 0.1) is 11.4 Å². The molecule has 0 atom stereocenters. The third-order valence-corrected chi connectivity index (χ3v) is 5.09. The molecule has 0 aliphatic carbocycles. The molecule has 0 fully saturated rings. The molecular formula is C23H24N2O2S. The second-order valence-corrected chi connectivity index (χ2v) is 7.50. The Morgan fingerprint density at radius 2 is 1.89 bits per heavy atom. The Balaban J connectivity index is 1.40. The van der Waals surface area contributed by atoms with Gasteiger partial charge in [0.1, 0.15) is 12.4 Å². The third kappa shape index (κ3) is 6.74. The second kappa shape index (κ2) is 10.5. The lowest BCUT2D eigenvalue weighted by atomic mass is 10.2. The predicted octanol–water partition coefficient (Wildman–Crippen LogP) is 4.52. The number of hydrogen-bond donors (Lipinski definition) is 1. The van der Waals surface area contributed by atoms with E-state index in [2.05, 4.69) is 35.4 Å². The molecule has 0 aliphatic rings. The minimum atomic E-state index is 0.0393. The summed E-state index contributed by atoms with van der Waals surface area (Å²) in [5.41, 5.74) is 4.38. The van der Waals surface area contributed by atoms with E-state index in [1.54, 1.807) is 18.0 Å². The molecule has 1 aromatic heterocycles. The van der Waals surface area contributed by atoms with Crippen molar-refractivity contribution in [3.63, 3.8) is 0 Å². The summed E-state index contributed by atoms with van der Waals surface area (Å²) in [5, 5.41) is 2.97. The average Bonchev–Trinajstić information content (AvgIpc) is 2.72. The minimum absolute atomic E-state index is 0.0393. The fourth-order valence-corrected chi connectivity index (χ4v) is 3.51. The van der Waals surface area contributed by atoms with Gasteiger partial charge in [-0.1, -0.05) is 48.0 Å². The molecule has 0 saturated carbocycles. The van der Waals surface area contributed by atoms with Gasteiger partial charge in [-0.15, -0.1) is 11.8 Å². The second-order valence-electron chi connectivity index (χ2n) is 6.52. The van der Waals surface area contributed by atoms with E-state index in [0.717, 1.165) is 22.8 Å². The van der Waals surface area contributed by atoms with Crippen LogP contribution in [0.5, 0.6) is 5.75 Å². The Labute approximate surface area is 170 Å². The molecule has 3 aromatic rings. The number of thioether (sulfide) groups is 1. The van der Waals surface area contributed by atoms with Crippen LogP contribution in [0.3, 0.4) is 0 Å². The smallest absolute Gasteiger partial charge is 0.230 e. The van der Waals surface area contributed by atoms with Crippen LogP contribution in [-0.2, 0) is 23.7 Å². The van der Waals surface area contributed by atoms with Crippen LogP contribution in [0.4, 0.5) is 0 Å². The van der Waals surface area contributed by atoms with Crippen molar-refractivity contribution >= 4 is 17.7 Å². The minimum Gasteiger partial charge on any atom is -0.487 e. The van der Waals surface area contributed by atoms with Crippen LogP contribution in [0, 0.1) is 6.92 Å². The molecule has 2 aromatic carbocycles. The van der Waals surface area contributed by atoms with E-state index in [1.807, 2.05) is 48.5 Å². The van der Waals surface area contributed by atoms with Crippen LogP contribution in [0.1, 0.15) is 22.4 Å². The van der Waals surface area contributed by atoms with Crippen LogP contribution in [0.2, 0.25) is 0 Å². The number of pyridine rings is 1. The van der Waals surface area contributed by atoms with Crippen LogP contribution >= 0.6 is 11.8 Å². The van der Waals surface area contributed by atoms with Crippen LogP contribution in [0.25, 0.3) is 0 Å². The quantitative estimate of drug-likeness (QED) is 0.582. The molecule has 0 radical (unpaired) electrons. The van der Waals surface area contributed by atoms with E-state index in [0.29, 0.717) is 18.9 Å². The van der Waals surface area contributed by atoms with Gasteiger partial charge in [-0.2, -0.15) is 0 Å². The number of nitrogens with zero attached hydrogens (tertiary/aromatic N) is 1. The molecule has 3 rings (SSSR count). The maximum absolute atomic E-state index is 12.1. The molecule has 1 heterocycles. The van der Waals surface area contributed by atoms with Gasteiger partial charge >= 0.3 is 0 Å². The highest BCUT2D eigenvalue weighted by molar-refractivity contribution is 7.99. The lowest BCUT2D eigenvalue weighted by Crippen LogP contribution is -2.24. The van der Waals surface area contributed by atoms with E-state index in [-0.39, 0.29) is 5.91 Å². The van der Waals surface area contributed by atoms with Crippen molar-refractivity contribution in [1.82, 2.24) is 10.3 Å². The summed E-state index contributed by atoms with van der Waals surface area (Å²) in [6.07, 6.45) is 1.75. The van der Waals surface area contributed by atoms with Crippen molar-refractivity contribution in [3.8, 4) is 5.75 Å². The number of carbonyl (C=O) groups excluding carboxylic acids is 1. The zero-order valence-electron chi connectivity index (χ0n) is 15.9. The van der Waals surface area contributed by atoms with E-state index in [9.17, 15) is 4.79 Å². The number of carbonyl (C=O) groups is 1. The lowest BCUT2D eigenvalue weighted by molar-refractivity contribution is -0.118. The van der Waals surface area contributed by atoms with Gasteiger partial charge in [0.25, 0.3) is 0 Å². The molecule has 5 heteroatoms. The van der Waals surface area contributed by atoms with Gasteiger partial charge in [-0.05, 0) is 42.3 Å². The first-order chi connectivity index (χ1) is 13.7. The number of ether oxygens (including phenoxy) is 1. The van der Waals surface area contributed by atoms with Crippen LogP contribution < -0.4 is 10.1 Å². The maximum Gasteiger partial charge on any atom is 0.230 e. The number of aryl methyl sites for hydroxylation is 1. The highest BCUT2D eigenvalue weighted by Crippen LogP contribution is 2.16. The van der Waals surface area contributed by atoms with Gasteiger partial charge in [0.15, 0.2) is 0 Å². The molecule has 0 spiro atoms. The van der Waals surface area contributed by atoms with Gasteiger partial charge < -0.3 is 10.1 Å². The fraction of sp³-hybridized carbons (Fsp3) is 0.217. The number of aromatic nitrogens is 1. The standard InChI is InChI=1S/C23H24N2O2S/c1-18-6-4-8-20(12-18)16-28-17-23(26)25-14-19-7-5-10-22(13-19)27-15-21-9-2-3-11-24-21/h2-13H,14-17H2,1H3,(H,25,26). The molecule has 0 saturated heterocycles. The summed E-state index contributed by atoms with van der Waals surface area (Å²) in [6.45, 7) is 2.99. The van der Waals surface area contributed by atoms with Crippen LogP contribution in [0.15, 0.2) is 72.9 Å². The topological polar surface area (TPSA) is 51.2 Å². The fourth-order valence-electron chi connectivity index (χ4n) is 2.70. The molecular weight excluding hydrogens is 368 g/mol. The predicted molar refractivity (Wildman–Crippen MR) is 114 cm³/mol. The molecule has 4 nitrogen and oxygen atoms in total. The highest BCUT2D eigenvalue weighted by Gasteiger charge is 2.04. The first-order valence-corrected chi connectivity index (χ1v) is 10.4. The summed E-state index contributed by atoms with van der Waals surface area (Å²) in [5.74, 6) is 2.10. The van der Waals surface area contributed by atoms with Gasteiger partial charge in [0, 0.05) is 18.5 Å². The molecule has 0 aliphatic heterocycles. The third-order valence-electron chi connectivity index (χ3n) is 4.09. The number of amides is 1. The number of rotatable bonds is 9. The van der Waals surface area contributed by atoms with Crippen LogP contribution in [-0.4, -0.2) is 16.6 Å². The maximum atomic E-state index is 12.1. The van der Waals surface area contributed by atoms with E-state index < -0.39 is 0 Å². The lowest BCUT2D eigenvalue weighted by Gasteiger charge is -2.09. The number of hydrogen-bond acceptors (Lipinski definition) is 4. The normalized spacial score (nSPS) is 10.5. The van der Waals surface area contributed by atoms with Crippen molar-refractivity contribution in [2.75, 3.05) is 5.75 Å². The Bertz CT molecular complexity index is 900. The van der Waals surface area contributed by atoms with Crippen molar-refractivity contribution in [1.29, 1.82) is 0 Å². The first kappa shape index (κ1) is 20.0. The molecule has 28 heavy (non-hydrogen) atoms. The molecule has 1 N–H and O–H groups in total. The Morgan fingerprint density at radius 3 is 2.71 bits per heavy atom. The average molecular weight is 393 g/mol. The summed E-state index contributed by atoms with van der Waals surface area (Å²) >= 11 is 1.62. The van der Waals surface area contributed by atoms with Crippen molar-refractivity contribution in [3.05, 3.63) is 95.3 Å². The molecule has 0 unspecified atom stereocenters. The van der Waals surface area contributed by atoms with E-state index >= 15 is 0 Å². The summed E-state index contributed by atoms with van der Waals surface area (Å²) in [4.78, 5) is 16.3. The van der Waals surface area contributed by atoms with E-state index in [1.165, 1.54) is 11.1 Å². The summed E-state index contributed by atoms with van der Waals surface area (Å²) < 4.78 is 5.78. The summed E-state index contributed by atoms with van der Waals surface area (Å²) in [7, 11) is 0. The zero-order valence-corrected chi connectivity index (χ0v) is 16.7. The van der Waals surface area contributed by atoms with Crippen molar-refractivity contribution < 1.29 is 9.53 Å². The molecule has 144 valence electrons. The number of nitrogens with one attached hydrogen (secondary N) is 1. The van der Waals surface area contributed by atoms with E-state index in [4.69, 9.17) is 4.74 Å². The Morgan fingerprint density at radius 1 is 1.04 bits per heavy atom. The largest absolute Gasteiger partial charge is 0.487 e. The highest BCUT2D eigenvalue weighted by atomic mass is 32.2. The van der Waals surface area contributed by atoms with Gasteiger partial charge in [-0.25, -0.2) is 0 Å². The zero-order chi connectivity index (χ0) is 19.6. The molecule has 1 amide bonds. The summed E-state index contributed by atoms with van der Waals surface area (Å²) in [6, 6.07) is 21.9. The Kier molecular flexibility index (Phi) is 7.50. The van der Waals surface area contributed by atoms with Gasteiger partial charge in [0.2, 0.25) is 5.91 Å². The Hall–Kier alpha value is -2.79. The SMILES string of the molecule is Cc1cccc(CSCC(=O)NCc2cccc(OCc3ccccn3)c2)c1. The number of benzene rings is 2.